The van der Waals surface area contributed by atoms with Crippen LogP contribution in [0, 0.1) is 0 Å². The number of hydrogen-bond donors (Lipinski definition) is 0. The zero-order valence-corrected chi connectivity index (χ0v) is 32.9. The molecule has 0 aliphatic carbocycles. The molecule has 2 heterocycles. The number of fused-ring (bicyclic) bond motifs is 2. The van der Waals surface area contributed by atoms with Gasteiger partial charge in [0.25, 0.3) is 0 Å². The third-order valence-electron chi connectivity index (χ3n) is 11.8. The molecule has 270 valence electrons. The van der Waals surface area contributed by atoms with Crippen molar-refractivity contribution in [2.75, 3.05) is 0 Å². The molecule has 10 rings (SSSR count). The lowest BCUT2D eigenvalue weighted by molar-refractivity contribution is 0.590. The van der Waals surface area contributed by atoms with Crippen molar-refractivity contribution in [2.24, 2.45) is 0 Å². The van der Waals surface area contributed by atoms with Crippen molar-refractivity contribution in [3.05, 3.63) is 169 Å². The van der Waals surface area contributed by atoms with E-state index in [1.165, 1.54) is 76.8 Å². The summed E-state index contributed by atoms with van der Waals surface area (Å²) in [6, 6.07) is 54.1. The smallest absolute Gasteiger partial charge is 0.0702 e. The van der Waals surface area contributed by atoms with Crippen LogP contribution in [0.5, 0.6) is 0 Å². The molecular weight excluding hydrogens is 677 g/mol. The molecule has 2 nitrogen and oxygen atoms in total. The standard InChI is InChI=1S/C54H44N2/c1-53(2,3)39-19-15-33(16-20-39)45-29-47(37-27-35-11-7-9-13-49(35)55-31-37)43-26-24-42-46(34-17-21-40(22-18-34)54(4,5)6)30-48(44-25-23-41(45)51(43)52(42)44)38-28-36-12-8-10-14-50(36)56-32-38/h7-32H,1-6H3. The molecule has 0 aliphatic heterocycles. The van der Waals surface area contributed by atoms with Gasteiger partial charge in [-0.2, -0.15) is 0 Å². The number of hydrogen-bond acceptors (Lipinski definition) is 2. The molecule has 0 atom stereocenters. The van der Waals surface area contributed by atoms with Crippen LogP contribution in [-0.2, 0) is 10.8 Å². The van der Waals surface area contributed by atoms with Crippen LogP contribution in [-0.4, -0.2) is 9.97 Å². The van der Waals surface area contributed by atoms with Gasteiger partial charge < -0.3 is 0 Å². The molecule has 56 heavy (non-hydrogen) atoms. The van der Waals surface area contributed by atoms with Gasteiger partial charge in [0.05, 0.1) is 11.0 Å². The number of para-hydroxylation sites is 2. The van der Waals surface area contributed by atoms with Crippen molar-refractivity contribution < 1.29 is 0 Å². The number of rotatable bonds is 4. The van der Waals surface area contributed by atoms with Crippen LogP contribution in [0.2, 0.25) is 0 Å². The SMILES string of the molecule is CC(C)(C)c1ccc(-c2cc(-c3cnc4ccccc4c3)c3ccc4c(-c5ccc(C(C)(C)C)cc5)cc(-c5cnc6ccccc6c5)c5ccc2c3c45)cc1. The first-order valence-electron chi connectivity index (χ1n) is 19.7. The van der Waals surface area contributed by atoms with Gasteiger partial charge in [0.2, 0.25) is 0 Å². The predicted octanol–water partition coefficient (Wildman–Crippen LogP) is 14.9. The minimum absolute atomic E-state index is 0.0681. The topological polar surface area (TPSA) is 25.8 Å². The normalized spacial score (nSPS) is 12.5. The summed E-state index contributed by atoms with van der Waals surface area (Å²) in [5.74, 6) is 0. The lowest BCUT2D eigenvalue weighted by atomic mass is 9.81. The van der Waals surface area contributed by atoms with Gasteiger partial charge in [-0.25, -0.2) is 0 Å². The first-order valence-corrected chi connectivity index (χ1v) is 19.7. The van der Waals surface area contributed by atoms with E-state index >= 15 is 0 Å². The van der Waals surface area contributed by atoms with Crippen LogP contribution in [0.15, 0.2) is 158 Å². The van der Waals surface area contributed by atoms with Crippen LogP contribution in [0.25, 0.3) is 98.6 Å². The monoisotopic (exact) mass is 720 g/mol. The minimum Gasteiger partial charge on any atom is -0.256 e. The second kappa shape index (κ2) is 12.6. The van der Waals surface area contributed by atoms with E-state index in [0.717, 1.165) is 32.9 Å². The van der Waals surface area contributed by atoms with E-state index in [9.17, 15) is 0 Å². The summed E-state index contributed by atoms with van der Waals surface area (Å²) in [7, 11) is 0. The third-order valence-corrected chi connectivity index (χ3v) is 11.8. The Morgan fingerprint density at radius 1 is 0.339 bits per heavy atom. The first-order chi connectivity index (χ1) is 27.0. The molecule has 0 radical (unpaired) electrons. The van der Waals surface area contributed by atoms with Gasteiger partial charge in [-0.1, -0.05) is 151 Å². The van der Waals surface area contributed by atoms with Crippen LogP contribution in [0.1, 0.15) is 52.7 Å². The van der Waals surface area contributed by atoms with Gasteiger partial charge in [0.15, 0.2) is 0 Å². The fourth-order valence-corrected chi connectivity index (χ4v) is 8.68. The Morgan fingerprint density at radius 2 is 0.679 bits per heavy atom. The number of nitrogens with zero attached hydrogens (tertiary/aromatic N) is 2. The summed E-state index contributed by atoms with van der Waals surface area (Å²) in [6.07, 6.45) is 4.10. The average Bonchev–Trinajstić information content (AvgIpc) is 3.21. The Labute approximate surface area is 328 Å². The van der Waals surface area contributed by atoms with E-state index in [1.807, 2.05) is 0 Å². The van der Waals surface area contributed by atoms with Crippen molar-refractivity contribution in [3.8, 4) is 44.5 Å². The Morgan fingerprint density at radius 3 is 1.04 bits per heavy atom. The number of aromatic nitrogens is 2. The fraction of sp³-hybridized carbons (Fsp3) is 0.148. The van der Waals surface area contributed by atoms with E-state index in [2.05, 4.69) is 200 Å². The highest BCUT2D eigenvalue weighted by Crippen LogP contribution is 2.49. The quantitative estimate of drug-likeness (QED) is 0.169. The molecule has 0 fully saturated rings. The largest absolute Gasteiger partial charge is 0.256 e. The molecular formula is C54H44N2. The highest BCUT2D eigenvalue weighted by Gasteiger charge is 2.23. The van der Waals surface area contributed by atoms with Crippen molar-refractivity contribution in [1.29, 1.82) is 0 Å². The van der Waals surface area contributed by atoms with E-state index in [-0.39, 0.29) is 10.8 Å². The second-order valence-electron chi connectivity index (χ2n) is 17.5. The maximum atomic E-state index is 4.96. The number of benzene rings is 8. The molecule has 10 aromatic rings. The third kappa shape index (κ3) is 5.63. The predicted molar refractivity (Wildman–Crippen MR) is 240 cm³/mol. The molecule has 0 amide bonds. The van der Waals surface area contributed by atoms with Gasteiger partial charge in [0, 0.05) is 34.3 Å². The fourth-order valence-electron chi connectivity index (χ4n) is 8.68. The van der Waals surface area contributed by atoms with Crippen molar-refractivity contribution >= 4 is 54.1 Å². The van der Waals surface area contributed by atoms with E-state index in [1.54, 1.807) is 0 Å². The molecule has 0 saturated carbocycles. The maximum Gasteiger partial charge on any atom is 0.0702 e. The van der Waals surface area contributed by atoms with Gasteiger partial charge in [-0.05, 0) is 124 Å². The highest BCUT2D eigenvalue weighted by molar-refractivity contribution is 6.32. The lowest BCUT2D eigenvalue weighted by Crippen LogP contribution is -2.10. The van der Waals surface area contributed by atoms with Gasteiger partial charge in [0.1, 0.15) is 0 Å². The zero-order valence-electron chi connectivity index (χ0n) is 32.9. The van der Waals surface area contributed by atoms with Crippen LogP contribution in [0.4, 0.5) is 0 Å². The Kier molecular flexibility index (Phi) is 7.67. The summed E-state index contributed by atoms with van der Waals surface area (Å²) in [5, 5.41) is 9.80. The molecule has 0 unspecified atom stereocenters. The Balaban J connectivity index is 1.33. The Hall–Kier alpha value is -6.38. The van der Waals surface area contributed by atoms with Crippen molar-refractivity contribution in [2.45, 2.75) is 52.4 Å². The van der Waals surface area contributed by atoms with E-state index in [4.69, 9.17) is 9.97 Å². The minimum atomic E-state index is 0.0681. The summed E-state index contributed by atoms with van der Waals surface area (Å²) in [6.45, 7) is 13.7. The van der Waals surface area contributed by atoms with Crippen LogP contribution in [0.3, 0.4) is 0 Å². The van der Waals surface area contributed by atoms with Crippen molar-refractivity contribution in [1.82, 2.24) is 9.97 Å². The Bertz CT molecular complexity index is 2910. The highest BCUT2D eigenvalue weighted by atomic mass is 14.7. The van der Waals surface area contributed by atoms with E-state index in [0.29, 0.717) is 0 Å². The molecule has 0 spiro atoms. The molecule has 0 aliphatic rings. The summed E-state index contributed by atoms with van der Waals surface area (Å²) >= 11 is 0. The van der Waals surface area contributed by atoms with Gasteiger partial charge in [-0.15, -0.1) is 0 Å². The number of pyridine rings is 2. The van der Waals surface area contributed by atoms with Gasteiger partial charge >= 0.3 is 0 Å². The van der Waals surface area contributed by atoms with Crippen molar-refractivity contribution in [3.63, 3.8) is 0 Å². The van der Waals surface area contributed by atoms with Gasteiger partial charge in [-0.3, -0.25) is 9.97 Å². The molecule has 0 bridgehead atoms. The van der Waals surface area contributed by atoms with E-state index < -0.39 is 0 Å². The summed E-state index contributed by atoms with van der Waals surface area (Å²) in [4.78, 5) is 9.91. The first kappa shape index (κ1) is 34.1. The zero-order chi connectivity index (χ0) is 38.3. The molecule has 2 heteroatoms. The van der Waals surface area contributed by atoms with Crippen LogP contribution < -0.4 is 0 Å². The average molecular weight is 721 g/mol. The maximum absolute atomic E-state index is 4.96. The summed E-state index contributed by atoms with van der Waals surface area (Å²) in [5.41, 5.74) is 14.3. The summed E-state index contributed by atoms with van der Waals surface area (Å²) < 4.78 is 0. The lowest BCUT2D eigenvalue weighted by Gasteiger charge is -2.23. The van der Waals surface area contributed by atoms with Crippen LogP contribution >= 0.6 is 0 Å². The second-order valence-corrected chi connectivity index (χ2v) is 17.5. The molecule has 0 saturated heterocycles. The molecule has 0 N–H and O–H groups in total. The molecule has 2 aromatic heterocycles. The molecule has 8 aromatic carbocycles.